The van der Waals surface area contributed by atoms with Gasteiger partial charge in [0.15, 0.2) is 6.61 Å². The third-order valence-electron chi connectivity index (χ3n) is 2.77. The molecule has 0 atom stereocenters. The van der Waals surface area contributed by atoms with E-state index in [9.17, 15) is 18.0 Å². The van der Waals surface area contributed by atoms with Crippen LogP contribution in [0.25, 0.3) is 0 Å². The monoisotopic (exact) mass is 327 g/mol. The van der Waals surface area contributed by atoms with Crippen LogP contribution in [0.4, 0.5) is 18.0 Å². The van der Waals surface area contributed by atoms with E-state index < -0.39 is 17.8 Å². The third-order valence-corrected chi connectivity index (χ3v) is 2.77. The zero-order valence-electron chi connectivity index (χ0n) is 12.2. The minimum absolute atomic E-state index is 0.0829. The second kappa shape index (κ2) is 8.68. The van der Waals surface area contributed by atoms with Gasteiger partial charge in [-0.1, -0.05) is 18.7 Å². The van der Waals surface area contributed by atoms with Gasteiger partial charge in [-0.2, -0.15) is 18.4 Å². The van der Waals surface area contributed by atoms with E-state index in [0.29, 0.717) is 5.75 Å². The van der Waals surface area contributed by atoms with Gasteiger partial charge in [-0.15, -0.1) is 0 Å². The zero-order valence-corrected chi connectivity index (χ0v) is 12.2. The number of rotatable bonds is 7. The minimum Gasteiger partial charge on any atom is -0.479 e. The van der Waals surface area contributed by atoms with Crippen molar-refractivity contribution in [3.63, 3.8) is 0 Å². The van der Waals surface area contributed by atoms with Crippen LogP contribution in [0.1, 0.15) is 12.0 Å². The van der Waals surface area contributed by atoms with Crippen LogP contribution in [0.2, 0.25) is 0 Å². The van der Waals surface area contributed by atoms with E-state index in [4.69, 9.17) is 10.00 Å². The number of hydrogen-bond acceptors (Lipinski definition) is 3. The summed E-state index contributed by atoms with van der Waals surface area (Å²) < 4.78 is 41.7. The number of ether oxygens (including phenoxy) is 1. The van der Waals surface area contributed by atoms with Crippen molar-refractivity contribution in [2.24, 2.45) is 0 Å². The molecule has 0 saturated carbocycles. The van der Waals surface area contributed by atoms with E-state index in [1.54, 1.807) is 24.3 Å². The fraction of sp³-hybridized carbons (Fsp3) is 0.333. The number of urea groups is 1. The average molecular weight is 327 g/mol. The van der Waals surface area contributed by atoms with Gasteiger partial charge in [-0.3, -0.25) is 0 Å². The summed E-state index contributed by atoms with van der Waals surface area (Å²) in [6.07, 6.45) is -4.81. The van der Waals surface area contributed by atoms with E-state index in [2.05, 4.69) is 17.2 Å². The second-order valence-corrected chi connectivity index (χ2v) is 4.55. The molecule has 124 valence electrons. The smallest absolute Gasteiger partial charge is 0.412 e. The highest BCUT2D eigenvalue weighted by Crippen LogP contribution is 2.25. The first-order valence-corrected chi connectivity index (χ1v) is 6.68. The van der Waals surface area contributed by atoms with Gasteiger partial charge < -0.3 is 15.4 Å². The predicted molar refractivity (Wildman–Crippen MR) is 77.6 cm³/mol. The molecule has 0 heterocycles. The minimum atomic E-state index is -4.44. The van der Waals surface area contributed by atoms with Crippen LogP contribution in [0.15, 0.2) is 36.4 Å². The molecule has 0 aromatic heterocycles. The molecule has 0 saturated heterocycles. The van der Waals surface area contributed by atoms with Crippen molar-refractivity contribution in [1.82, 2.24) is 10.6 Å². The molecule has 5 nitrogen and oxygen atoms in total. The molecule has 8 heteroatoms. The lowest BCUT2D eigenvalue weighted by atomic mass is 10.2. The first kappa shape index (κ1) is 18.4. The molecule has 0 unspecified atom stereocenters. The van der Waals surface area contributed by atoms with Crippen molar-refractivity contribution in [2.45, 2.75) is 19.1 Å². The molecule has 0 radical (unpaired) electrons. The molecule has 0 spiro atoms. The zero-order chi connectivity index (χ0) is 17.3. The number of halogens is 3. The topological polar surface area (TPSA) is 74.2 Å². The van der Waals surface area contributed by atoms with Crippen molar-refractivity contribution in [1.29, 1.82) is 5.26 Å². The quantitative estimate of drug-likeness (QED) is 0.756. The highest BCUT2D eigenvalue weighted by Gasteiger charge is 2.31. The molecule has 1 rings (SSSR count). The van der Waals surface area contributed by atoms with Crippen molar-refractivity contribution in [2.75, 3.05) is 13.2 Å². The van der Waals surface area contributed by atoms with E-state index in [-0.39, 0.29) is 26.1 Å². The predicted octanol–water partition coefficient (Wildman–Crippen LogP) is 2.90. The Balaban J connectivity index is 2.33. The van der Waals surface area contributed by atoms with Crippen molar-refractivity contribution >= 4 is 6.03 Å². The SMILES string of the molecule is C=C(CCNC(=O)NCc1cccc(OCC#N)c1)C(F)(F)F. The molecule has 0 fully saturated rings. The number of hydrogen-bond donors (Lipinski definition) is 2. The Morgan fingerprint density at radius 1 is 1.35 bits per heavy atom. The van der Waals surface area contributed by atoms with E-state index in [1.165, 1.54) is 0 Å². The summed E-state index contributed by atoms with van der Waals surface area (Å²) in [7, 11) is 0. The van der Waals surface area contributed by atoms with Crippen molar-refractivity contribution < 1.29 is 22.7 Å². The number of nitrogens with one attached hydrogen (secondary N) is 2. The summed E-state index contributed by atoms with van der Waals surface area (Å²) in [5.74, 6) is 0.493. The van der Waals surface area contributed by atoms with Crippen LogP contribution in [0.5, 0.6) is 5.75 Å². The van der Waals surface area contributed by atoms with Gasteiger partial charge in [0.05, 0.1) is 0 Å². The Morgan fingerprint density at radius 2 is 2.09 bits per heavy atom. The second-order valence-electron chi connectivity index (χ2n) is 4.55. The highest BCUT2D eigenvalue weighted by atomic mass is 19.4. The molecular weight excluding hydrogens is 311 g/mol. The summed E-state index contributed by atoms with van der Waals surface area (Å²) in [6, 6.07) is 8.03. The van der Waals surface area contributed by atoms with Gasteiger partial charge in [-0.05, 0) is 24.1 Å². The van der Waals surface area contributed by atoms with Crippen LogP contribution in [0, 0.1) is 11.3 Å². The van der Waals surface area contributed by atoms with Crippen LogP contribution < -0.4 is 15.4 Å². The molecule has 0 aliphatic heterocycles. The Labute approximate surface area is 131 Å². The van der Waals surface area contributed by atoms with Crippen LogP contribution in [-0.2, 0) is 6.54 Å². The fourth-order valence-electron chi connectivity index (χ4n) is 1.57. The van der Waals surface area contributed by atoms with Crippen LogP contribution in [-0.4, -0.2) is 25.4 Å². The van der Waals surface area contributed by atoms with Gasteiger partial charge >= 0.3 is 12.2 Å². The Kier molecular flexibility index (Phi) is 6.93. The number of benzene rings is 1. The maximum absolute atomic E-state index is 12.2. The fourth-order valence-corrected chi connectivity index (χ4v) is 1.57. The molecule has 2 amide bonds. The van der Waals surface area contributed by atoms with Crippen molar-refractivity contribution in [3.05, 3.63) is 42.0 Å². The van der Waals surface area contributed by atoms with E-state index in [1.807, 2.05) is 6.07 Å². The largest absolute Gasteiger partial charge is 0.479 e. The summed E-state index contributed by atoms with van der Waals surface area (Å²) in [4.78, 5) is 11.5. The number of nitriles is 1. The number of carbonyl (C=O) groups is 1. The summed E-state index contributed by atoms with van der Waals surface area (Å²) >= 11 is 0. The Bertz CT molecular complexity index is 594. The van der Waals surface area contributed by atoms with Gasteiger partial charge in [0.25, 0.3) is 0 Å². The molecule has 0 bridgehead atoms. The lowest BCUT2D eigenvalue weighted by Gasteiger charge is -2.11. The van der Waals surface area contributed by atoms with Crippen LogP contribution in [0.3, 0.4) is 0 Å². The number of carbonyl (C=O) groups excluding carboxylic acids is 1. The molecule has 23 heavy (non-hydrogen) atoms. The molecule has 1 aromatic rings. The van der Waals surface area contributed by atoms with Crippen LogP contribution >= 0.6 is 0 Å². The van der Waals surface area contributed by atoms with Gasteiger partial charge in [0.1, 0.15) is 11.8 Å². The summed E-state index contributed by atoms with van der Waals surface area (Å²) in [6.45, 7) is 2.85. The number of amides is 2. The maximum Gasteiger partial charge on any atom is 0.412 e. The lowest BCUT2D eigenvalue weighted by Crippen LogP contribution is -2.36. The standard InChI is InChI=1S/C15H16F3N3O2/c1-11(15(16,17)18)5-7-20-14(22)21-10-12-3-2-4-13(9-12)23-8-6-19/h2-4,9H,1,5,7-8,10H2,(H2,20,21,22). The average Bonchev–Trinajstić information content (AvgIpc) is 2.50. The molecule has 1 aromatic carbocycles. The summed E-state index contributed by atoms with van der Waals surface area (Å²) in [5, 5.41) is 13.3. The van der Waals surface area contributed by atoms with Gasteiger partial charge in [0.2, 0.25) is 0 Å². The van der Waals surface area contributed by atoms with Gasteiger partial charge in [0, 0.05) is 18.7 Å². The molecule has 0 aliphatic rings. The number of nitrogens with zero attached hydrogens (tertiary/aromatic N) is 1. The maximum atomic E-state index is 12.2. The first-order chi connectivity index (χ1) is 10.8. The molecule has 0 aliphatic carbocycles. The normalized spacial score (nSPS) is 10.5. The Hall–Kier alpha value is -2.69. The van der Waals surface area contributed by atoms with Crippen molar-refractivity contribution in [3.8, 4) is 11.8 Å². The van der Waals surface area contributed by atoms with Gasteiger partial charge in [-0.25, -0.2) is 4.79 Å². The first-order valence-electron chi connectivity index (χ1n) is 6.68. The summed E-state index contributed by atoms with van der Waals surface area (Å²) in [5.41, 5.74) is -0.157. The van der Waals surface area contributed by atoms with E-state index >= 15 is 0 Å². The molecular formula is C15H16F3N3O2. The molecule has 2 N–H and O–H groups in total. The Morgan fingerprint density at radius 3 is 2.74 bits per heavy atom. The third kappa shape index (κ3) is 7.22. The lowest BCUT2D eigenvalue weighted by molar-refractivity contribution is -0.0934. The highest BCUT2D eigenvalue weighted by molar-refractivity contribution is 5.73. The van der Waals surface area contributed by atoms with E-state index in [0.717, 1.165) is 5.56 Å². The number of alkyl halides is 3.